The standard InChI is InChI=1S/C15H20N2OS/c1-15(2,3)13-10-19-14(17-13)7-8-18-12-6-4-5-11(16)9-12/h4-6,9-10H,7-8,16H2,1-3H3. The second kappa shape index (κ2) is 5.61. The molecule has 0 atom stereocenters. The predicted octanol–water partition coefficient (Wildman–Crippen LogP) is 3.64. The number of nitrogen functional groups attached to an aromatic ring is 1. The number of anilines is 1. The van der Waals surface area contributed by atoms with Gasteiger partial charge < -0.3 is 10.5 Å². The van der Waals surface area contributed by atoms with Crippen molar-refractivity contribution in [2.75, 3.05) is 12.3 Å². The molecule has 0 aliphatic rings. The predicted molar refractivity (Wildman–Crippen MR) is 80.9 cm³/mol. The molecule has 2 N–H and O–H groups in total. The first-order chi connectivity index (χ1) is 8.95. The molecule has 1 aromatic carbocycles. The largest absolute Gasteiger partial charge is 0.493 e. The maximum atomic E-state index is 5.70. The van der Waals surface area contributed by atoms with E-state index < -0.39 is 0 Å². The smallest absolute Gasteiger partial charge is 0.121 e. The lowest BCUT2D eigenvalue weighted by atomic mass is 9.93. The molecule has 4 heteroatoms. The van der Waals surface area contributed by atoms with Crippen LogP contribution in [0.3, 0.4) is 0 Å². The quantitative estimate of drug-likeness (QED) is 0.867. The summed E-state index contributed by atoms with van der Waals surface area (Å²) in [6.45, 7) is 7.15. The van der Waals surface area contributed by atoms with Gasteiger partial charge in [-0.25, -0.2) is 4.98 Å². The molecule has 0 radical (unpaired) electrons. The van der Waals surface area contributed by atoms with Crippen molar-refractivity contribution in [1.82, 2.24) is 4.98 Å². The first kappa shape index (κ1) is 13.9. The van der Waals surface area contributed by atoms with Gasteiger partial charge >= 0.3 is 0 Å². The van der Waals surface area contributed by atoms with Crippen molar-refractivity contribution in [2.45, 2.75) is 32.6 Å². The molecular formula is C15H20N2OS. The zero-order chi connectivity index (χ0) is 13.9. The molecule has 0 unspecified atom stereocenters. The lowest BCUT2D eigenvalue weighted by molar-refractivity contribution is 0.321. The van der Waals surface area contributed by atoms with Gasteiger partial charge in [-0.3, -0.25) is 0 Å². The fourth-order valence-electron chi connectivity index (χ4n) is 1.63. The van der Waals surface area contributed by atoms with Gasteiger partial charge in [-0.1, -0.05) is 26.8 Å². The lowest BCUT2D eigenvalue weighted by Gasteiger charge is -2.14. The van der Waals surface area contributed by atoms with E-state index in [2.05, 4.69) is 31.1 Å². The summed E-state index contributed by atoms with van der Waals surface area (Å²) in [4.78, 5) is 4.64. The Morgan fingerprint density at radius 3 is 2.74 bits per heavy atom. The third-order valence-corrected chi connectivity index (χ3v) is 3.67. The molecule has 0 saturated carbocycles. The number of thiazole rings is 1. The van der Waals surface area contributed by atoms with E-state index in [9.17, 15) is 0 Å². The highest BCUT2D eigenvalue weighted by Gasteiger charge is 2.17. The first-order valence-electron chi connectivity index (χ1n) is 6.38. The van der Waals surface area contributed by atoms with Crippen LogP contribution in [0, 0.1) is 0 Å². The zero-order valence-corrected chi connectivity index (χ0v) is 12.5. The Bertz CT molecular complexity index is 543. The Morgan fingerprint density at radius 2 is 2.11 bits per heavy atom. The second-order valence-electron chi connectivity index (χ2n) is 5.55. The molecule has 0 aliphatic heterocycles. The molecule has 102 valence electrons. The van der Waals surface area contributed by atoms with Crippen LogP contribution < -0.4 is 10.5 Å². The molecule has 1 aromatic heterocycles. The van der Waals surface area contributed by atoms with Crippen molar-refractivity contribution >= 4 is 17.0 Å². The van der Waals surface area contributed by atoms with Crippen LogP contribution in [0.1, 0.15) is 31.5 Å². The Labute approximate surface area is 118 Å². The van der Waals surface area contributed by atoms with E-state index in [0.29, 0.717) is 6.61 Å². The molecule has 0 fully saturated rings. The summed E-state index contributed by atoms with van der Waals surface area (Å²) in [5.74, 6) is 0.813. The highest BCUT2D eigenvalue weighted by molar-refractivity contribution is 7.09. The molecule has 0 amide bonds. The maximum absolute atomic E-state index is 5.70. The number of ether oxygens (including phenoxy) is 1. The van der Waals surface area contributed by atoms with Crippen LogP contribution in [0.25, 0.3) is 0 Å². The zero-order valence-electron chi connectivity index (χ0n) is 11.6. The summed E-state index contributed by atoms with van der Waals surface area (Å²) >= 11 is 1.70. The normalized spacial score (nSPS) is 11.5. The monoisotopic (exact) mass is 276 g/mol. The van der Waals surface area contributed by atoms with Crippen LogP contribution in [0.15, 0.2) is 29.6 Å². The summed E-state index contributed by atoms with van der Waals surface area (Å²) in [5.41, 5.74) is 7.69. The van der Waals surface area contributed by atoms with Gasteiger partial charge in [0.15, 0.2) is 0 Å². The molecule has 2 rings (SSSR count). The van der Waals surface area contributed by atoms with E-state index >= 15 is 0 Å². The highest BCUT2D eigenvalue weighted by atomic mass is 32.1. The van der Waals surface area contributed by atoms with Crippen molar-refractivity contribution in [1.29, 1.82) is 0 Å². The SMILES string of the molecule is CC(C)(C)c1csc(CCOc2cccc(N)c2)n1. The number of hydrogen-bond acceptors (Lipinski definition) is 4. The van der Waals surface area contributed by atoms with E-state index in [1.54, 1.807) is 11.3 Å². The average molecular weight is 276 g/mol. The van der Waals surface area contributed by atoms with Crippen LogP contribution in [-0.2, 0) is 11.8 Å². The number of nitrogens with two attached hydrogens (primary N) is 1. The van der Waals surface area contributed by atoms with Crippen molar-refractivity contribution < 1.29 is 4.74 Å². The molecule has 1 heterocycles. The minimum absolute atomic E-state index is 0.115. The molecule has 0 bridgehead atoms. The van der Waals surface area contributed by atoms with Crippen LogP contribution in [0.5, 0.6) is 5.75 Å². The summed E-state index contributed by atoms with van der Waals surface area (Å²) in [6.07, 6.45) is 0.829. The second-order valence-corrected chi connectivity index (χ2v) is 6.49. The molecular weight excluding hydrogens is 256 g/mol. The van der Waals surface area contributed by atoms with Gasteiger partial charge in [-0.05, 0) is 12.1 Å². The fourth-order valence-corrected chi connectivity index (χ4v) is 2.64. The van der Waals surface area contributed by atoms with E-state index in [1.165, 1.54) is 0 Å². The van der Waals surface area contributed by atoms with Crippen LogP contribution >= 0.6 is 11.3 Å². The minimum Gasteiger partial charge on any atom is -0.493 e. The topological polar surface area (TPSA) is 48.1 Å². The third kappa shape index (κ3) is 3.96. The van der Waals surface area contributed by atoms with Gasteiger partial charge in [0.05, 0.1) is 17.3 Å². The average Bonchev–Trinajstić information content (AvgIpc) is 2.77. The summed E-state index contributed by atoms with van der Waals surface area (Å²) < 4.78 is 5.67. The number of benzene rings is 1. The molecule has 0 spiro atoms. The van der Waals surface area contributed by atoms with E-state index in [0.717, 1.165) is 28.6 Å². The van der Waals surface area contributed by atoms with Gasteiger partial charge in [0.2, 0.25) is 0 Å². The fraction of sp³-hybridized carbons (Fsp3) is 0.400. The number of rotatable bonds is 4. The summed E-state index contributed by atoms with van der Waals surface area (Å²) in [6, 6.07) is 7.50. The van der Waals surface area contributed by atoms with E-state index in [4.69, 9.17) is 10.5 Å². The van der Waals surface area contributed by atoms with Crippen molar-refractivity contribution in [3.8, 4) is 5.75 Å². The Kier molecular flexibility index (Phi) is 4.10. The summed E-state index contributed by atoms with van der Waals surface area (Å²) in [5, 5.41) is 3.25. The summed E-state index contributed by atoms with van der Waals surface area (Å²) in [7, 11) is 0. The maximum Gasteiger partial charge on any atom is 0.121 e. The Balaban J connectivity index is 1.88. The van der Waals surface area contributed by atoms with Gasteiger partial charge in [-0.15, -0.1) is 11.3 Å². The third-order valence-electron chi connectivity index (χ3n) is 2.76. The molecule has 0 saturated heterocycles. The Morgan fingerprint density at radius 1 is 1.32 bits per heavy atom. The van der Waals surface area contributed by atoms with Crippen LogP contribution in [0.2, 0.25) is 0 Å². The first-order valence-corrected chi connectivity index (χ1v) is 7.26. The van der Waals surface area contributed by atoms with Crippen molar-refractivity contribution in [2.24, 2.45) is 0 Å². The van der Waals surface area contributed by atoms with Crippen LogP contribution in [-0.4, -0.2) is 11.6 Å². The van der Waals surface area contributed by atoms with Crippen molar-refractivity contribution in [3.05, 3.63) is 40.3 Å². The van der Waals surface area contributed by atoms with E-state index in [-0.39, 0.29) is 5.41 Å². The van der Waals surface area contributed by atoms with Crippen LogP contribution in [0.4, 0.5) is 5.69 Å². The van der Waals surface area contributed by atoms with Gasteiger partial charge in [0.1, 0.15) is 5.75 Å². The molecule has 19 heavy (non-hydrogen) atoms. The van der Waals surface area contributed by atoms with Gasteiger partial charge in [0, 0.05) is 29.0 Å². The highest BCUT2D eigenvalue weighted by Crippen LogP contribution is 2.24. The molecule has 0 aliphatic carbocycles. The Hall–Kier alpha value is -1.55. The number of hydrogen-bond donors (Lipinski definition) is 1. The van der Waals surface area contributed by atoms with Gasteiger partial charge in [0.25, 0.3) is 0 Å². The minimum atomic E-state index is 0.115. The van der Waals surface area contributed by atoms with E-state index in [1.807, 2.05) is 24.3 Å². The lowest BCUT2D eigenvalue weighted by Crippen LogP contribution is -2.11. The number of aromatic nitrogens is 1. The number of nitrogens with zero attached hydrogens (tertiary/aromatic N) is 1. The molecule has 2 aromatic rings. The van der Waals surface area contributed by atoms with Gasteiger partial charge in [-0.2, -0.15) is 0 Å². The molecule has 3 nitrogen and oxygen atoms in total. The van der Waals surface area contributed by atoms with Crippen molar-refractivity contribution in [3.63, 3.8) is 0 Å².